The fourth-order valence-corrected chi connectivity index (χ4v) is 5.71. The van der Waals surface area contributed by atoms with Crippen LogP contribution in [0.25, 0.3) is 0 Å². The number of amides is 1. The summed E-state index contributed by atoms with van der Waals surface area (Å²) in [5.41, 5.74) is 4.25. The summed E-state index contributed by atoms with van der Waals surface area (Å²) >= 11 is 0. The van der Waals surface area contributed by atoms with Crippen LogP contribution < -0.4 is 9.62 Å². The van der Waals surface area contributed by atoms with Crippen LogP contribution in [-0.4, -0.2) is 31.1 Å². The van der Waals surface area contributed by atoms with E-state index in [1.165, 1.54) is 34.1 Å². The Hall–Kier alpha value is -3.98. The van der Waals surface area contributed by atoms with Crippen molar-refractivity contribution in [1.82, 2.24) is 10.2 Å². The molecule has 2 heterocycles. The van der Waals surface area contributed by atoms with Crippen LogP contribution in [0.2, 0.25) is 0 Å². The average molecular weight is 503 g/mol. The largest absolute Gasteiger partial charge is 0.407 e. The molecular weight excluding hydrogens is 476 g/mol. The fourth-order valence-electron chi connectivity index (χ4n) is 4.20. The Labute approximate surface area is 210 Å². The van der Waals surface area contributed by atoms with E-state index in [1.54, 1.807) is 6.07 Å². The van der Waals surface area contributed by atoms with Gasteiger partial charge in [0.2, 0.25) is 5.89 Å². The molecule has 0 saturated heterocycles. The molecule has 0 radical (unpaired) electrons. The Morgan fingerprint density at radius 1 is 1.00 bits per heavy atom. The molecule has 36 heavy (non-hydrogen) atoms. The molecule has 184 valence electrons. The highest BCUT2D eigenvalue weighted by atomic mass is 32.2. The minimum atomic E-state index is -3.73. The number of fused-ring (bicyclic) bond motifs is 1. The van der Waals surface area contributed by atoms with Crippen LogP contribution in [0.3, 0.4) is 0 Å². The predicted molar refractivity (Wildman–Crippen MR) is 137 cm³/mol. The second-order valence-corrected chi connectivity index (χ2v) is 10.9. The van der Waals surface area contributed by atoms with Crippen LogP contribution in [0.4, 0.5) is 11.7 Å². The number of sulfonamides is 1. The van der Waals surface area contributed by atoms with Gasteiger partial charge >= 0.3 is 6.01 Å². The van der Waals surface area contributed by atoms with E-state index in [0.717, 1.165) is 11.1 Å². The molecule has 1 N–H and O–H groups in total. The van der Waals surface area contributed by atoms with Crippen molar-refractivity contribution in [2.75, 3.05) is 16.2 Å². The minimum absolute atomic E-state index is 0.0147. The van der Waals surface area contributed by atoms with Gasteiger partial charge in [-0.1, -0.05) is 61.4 Å². The lowest BCUT2D eigenvalue weighted by atomic mass is 10.0. The first-order chi connectivity index (χ1) is 17.3. The molecule has 3 aromatic carbocycles. The van der Waals surface area contributed by atoms with E-state index in [-0.39, 0.29) is 16.5 Å². The standard InChI is InChI=1S/C27H26N4O4S/c1-18(2)20-9-7-19(8-10-20)17-25-29-30-27(35-25)28-26(32)22-11-13-23(14-12-22)36(33,34)31-16-15-21-5-3-4-6-24(21)31/h3-14,18H,15-17H2,1-2H3,(H,28,30,32). The van der Waals surface area contributed by atoms with Gasteiger partial charge in [0.15, 0.2) is 0 Å². The molecule has 0 fully saturated rings. The number of benzene rings is 3. The van der Waals surface area contributed by atoms with E-state index >= 15 is 0 Å². The molecule has 1 aromatic heterocycles. The van der Waals surface area contributed by atoms with Crippen LogP contribution in [0.1, 0.15) is 52.7 Å². The highest BCUT2D eigenvalue weighted by molar-refractivity contribution is 7.92. The molecule has 0 atom stereocenters. The molecule has 0 bridgehead atoms. The predicted octanol–water partition coefficient (Wildman–Crippen LogP) is 4.79. The summed E-state index contributed by atoms with van der Waals surface area (Å²) in [6.07, 6.45) is 1.12. The number of nitrogens with zero attached hydrogens (tertiary/aromatic N) is 3. The van der Waals surface area contributed by atoms with Gasteiger partial charge in [0, 0.05) is 12.1 Å². The van der Waals surface area contributed by atoms with Gasteiger partial charge in [0.05, 0.1) is 17.0 Å². The van der Waals surface area contributed by atoms with Crippen LogP contribution in [0.15, 0.2) is 82.1 Å². The maximum atomic E-state index is 13.2. The Morgan fingerprint density at radius 3 is 2.44 bits per heavy atom. The summed E-state index contributed by atoms with van der Waals surface area (Å²) in [7, 11) is -3.73. The number of rotatable bonds is 7. The van der Waals surface area contributed by atoms with E-state index < -0.39 is 15.9 Å². The Balaban J connectivity index is 1.24. The normalized spacial score (nSPS) is 13.1. The third-order valence-corrected chi connectivity index (χ3v) is 8.07. The molecule has 5 rings (SSSR count). The molecule has 8 nitrogen and oxygen atoms in total. The Kier molecular flexibility index (Phi) is 6.32. The van der Waals surface area contributed by atoms with Crippen molar-refractivity contribution < 1.29 is 17.6 Å². The summed E-state index contributed by atoms with van der Waals surface area (Å²) in [5.74, 6) is 0.368. The van der Waals surface area contributed by atoms with Crippen LogP contribution in [0.5, 0.6) is 0 Å². The lowest BCUT2D eigenvalue weighted by Gasteiger charge is -2.19. The van der Waals surface area contributed by atoms with Gasteiger partial charge in [0.1, 0.15) is 0 Å². The van der Waals surface area contributed by atoms with Crippen molar-refractivity contribution in [2.24, 2.45) is 0 Å². The number of carbonyl (C=O) groups is 1. The SMILES string of the molecule is CC(C)c1ccc(Cc2nnc(NC(=O)c3ccc(S(=O)(=O)N4CCc5ccccc54)cc3)o2)cc1. The maximum absolute atomic E-state index is 13.2. The number of hydrogen-bond donors (Lipinski definition) is 1. The first-order valence-corrected chi connectivity index (χ1v) is 13.2. The molecule has 9 heteroatoms. The Bertz CT molecular complexity index is 1490. The first-order valence-electron chi connectivity index (χ1n) is 11.7. The molecule has 1 aliphatic rings. The van der Waals surface area contributed by atoms with Gasteiger partial charge in [-0.15, -0.1) is 5.10 Å². The molecule has 1 aliphatic heterocycles. The zero-order valence-corrected chi connectivity index (χ0v) is 20.8. The number of aromatic nitrogens is 2. The van der Waals surface area contributed by atoms with Crippen LogP contribution in [-0.2, 0) is 22.9 Å². The molecule has 4 aromatic rings. The average Bonchev–Trinajstić information content (AvgIpc) is 3.51. The van der Waals surface area contributed by atoms with E-state index in [9.17, 15) is 13.2 Å². The third-order valence-electron chi connectivity index (χ3n) is 6.24. The van der Waals surface area contributed by atoms with E-state index in [1.807, 2.05) is 30.3 Å². The van der Waals surface area contributed by atoms with Crippen molar-refractivity contribution in [3.63, 3.8) is 0 Å². The summed E-state index contributed by atoms with van der Waals surface area (Å²) in [6.45, 7) is 4.67. The topological polar surface area (TPSA) is 105 Å². The molecule has 0 aliphatic carbocycles. The van der Waals surface area contributed by atoms with Gasteiger partial charge < -0.3 is 4.42 Å². The van der Waals surface area contributed by atoms with Crippen molar-refractivity contribution in [3.05, 3.63) is 101 Å². The monoisotopic (exact) mass is 502 g/mol. The van der Waals surface area contributed by atoms with Gasteiger partial charge in [-0.2, -0.15) is 0 Å². The van der Waals surface area contributed by atoms with Crippen molar-refractivity contribution in [2.45, 2.75) is 37.5 Å². The lowest BCUT2D eigenvalue weighted by Crippen LogP contribution is -2.29. The highest BCUT2D eigenvalue weighted by Gasteiger charge is 2.30. The number of carbonyl (C=O) groups excluding carboxylic acids is 1. The van der Waals surface area contributed by atoms with E-state index in [2.05, 4.69) is 41.5 Å². The van der Waals surface area contributed by atoms with Crippen molar-refractivity contribution in [3.8, 4) is 0 Å². The second kappa shape index (κ2) is 9.58. The van der Waals surface area contributed by atoms with Crippen LogP contribution in [0, 0.1) is 0 Å². The quantitative estimate of drug-likeness (QED) is 0.390. The molecule has 1 amide bonds. The molecule has 0 saturated carbocycles. The fraction of sp³-hybridized carbons (Fsp3) is 0.222. The first kappa shape index (κ1) is 23.7. The number of anilines is 2. The van der Waals surface area contributed by atoms with Crippen LogP contribution >= 0.6 is 0 Å². The van der Waals surface area contributed by atoms with Crippen molar-refractivity contribution in [1.29, 1.82) is 0 Å². The summed E-state index contributed by atoms with van der Waals surface area (Å²) in [4.78, 5) is 12.8. The maximum Gasteiger partial charge on any atom is 0.322 e. The number of nitrogens with one attached hydrogen (secondary N) is 1. The summed E-state index contributed by atoms with van der Waals surface area (Å²) in [6, 6.07) is 21.5. The van der Waals surface area contributed by atoms with E-state index in [0.29, 0.717) is 36.9 Å². The van der Waals surface area contributed by atoms with Crippen molar-refractivity contribution >= 4 is 27.6 Å². The summed E-state index contributed by atoms with van der Waals surface area (Å²) in [5, 5.41) is 10.5. The zero-order valence-electron chi connectivity index (χ0n) is 20.0. The van der Waals surface area contributed by atoms with Gasteiger partial charge in [0.25, 0.3) is 15.9 Å². The summed E-state index contributed by atoms with van der Waals surface area (Å²) < 4.78 is 33.3. The molecule has 0 unspecified atom stereocenters. The van der Waals surface area contributed by atoms with Gasteiger partial charge in [-0.05, 0) is 59.4 Å². The lowest BCUT2D eigenvalue weighted by molar-refractivity contribution is 0.102. The third kappa shape index (κ3) is 4.74. The second-order valence-electron chi connectivity index (χ2n) is 9.01. The smallest absolute Gasteiger partial charge is 0.322 e. The Morgan fingerprint density at radius 2 is 1.72 bits per heavy atom. The minimum Gasteiger partial charge on any atom is -0.407 e. The zero-order chi connectivity index (χ0) is 25.3. The molecular formula is C27H26N4O4S. The highest BCUT2D eigenvalue weighted by Crippen LogP contribution is 2.32. The van der Waals surface area contributed by atoms with E-state index in [4.69, 9.17) is 4.42 Å². The number of para-hydroxylation sites is 1. The number of hydrogen-bond acceptors (Lipinski definition) is 6. The van der Waals surface area contributed by atoms with Gasteiger partial charge in [-0.3, -0.25) is 14.4 Å². The van der Waals surface area contributed by atoms with Gasteiger partial charge in [-0.25, -0.2) is 8.42 Å². The molecule has 0 spiro atoms.